The number of unbranched alkanes of at least 4 members (excludes halogenated alkanes) is 10. The zero-order valence-corrected chi connectivity index (χ0v) is 16.2. The SMILES string of the molecule is CCCCCCCCCCCC[CH2][SnH3]. The van der Waals surface area contributed by atoms with E-state index in [0.29, 0.717) is 0 Å². The molecule has 0 radical (unpaired) electrons. The van der Waals surface area contributed by atoms with Gasteiger partial charge in [-0.15, -0.1) is 0 Å². The van der Waals surface area contributed by atoms with Crippen molar-refractivity contribution in [3.63, 3.8) is 0 Å². The number of hydrogen-bond donors (Lipinski definition) is 0. The van der Waals surface area contributed by atoms with E-state index < -0.39 is 0 Å². The minimum absolute atomic E-state index is 0.962. The molecule has 86 valence electrons. The number of rotatable bonds is 11. The molecule has 0 aromatic carbocycles. The molecule has 0 atom stereocenters. The summed E-state index contributed by atoms with van der Waals surface area (Å²) >= 11 is 0.962. The van der Waals surface area contributed by atoms with E-state index in [2.05, 4.69) is 6.92 Å². The van der Waals surface area contributed by atoms with Crippen molar-refractivity contribution in [1.29, 1.82) is 0 Å². The Morgan fingerprint density at radius 2 is 0.929 bits per heavy atom. The quantitative estimate of drug-likeness (QED) is 0.398. The van der Waals surface area contributed by atoms with Crippen LogP contribution in [-0.4, -0.2) is 22.5 Å². The van der Waals surface area contributed by atoms with E-state index in [4.69, 9.17) is 0 Å². The van der Waals surface area contributed by atoms with Crippen LogP contribution >= 0.6 is 0 Å². The normalized spacial score (nSPS) is 10.9. The molecule has 0 nitrogen and oxygen atoms in total. The summed E-state index contributed by atoms with van der Waals surface area (Å²) in [4.78, 5) is 0. The molecule has 0 bridgehead atoms. The second-order valence-corrected chi connectivity index (χ2v) is 7.39. The summed E-state index contributed by atoms with van der Waals surface area (Å²) in [5.74, 6) is 0. The Balaban J connectivity index is 2.78. The maximum absolute atomic E-state index is 2.29. The second-order valence-electron chi connectivity index (χ2n) is 4.54. The van der Waals surface area contributed by atoms with Gasteiger partial charge in [0.15, 0.2) is 0 Å². The predicted molar refractivity (Wildman–Crippen MR) is 71.2 cm³/mol. The van der Waals surface area contributed by atoms with Crippen LogP contribution in [0.25, 0.3) is 0 Å². The third-order valence-corrected chi connectivity index (χ3v) is 4.98. The van der Waals surface area contributed by atoms with Crippen LogP contribution in [0.15, 0.2) is 0 Å². The average Bonchev–Trinajstić information content (AvgIpc) is 2.21. The fraction of sp³-hybridized carbons (Fsp3) is 1.00. The van der Waals surface area contributed by atoms with Crippen LogP contribution in [0.5, 0.6) is 0 Å². The van der Waals surface area contributed by atoms with Gasteiger partial charge in [-0.2, -0.15) is 0 Å². The fourth-order valence-corrected chi connectivity index (χ4v) is 3.34. The number of hydrogen-bond acceptors (Lipinski definition) is 0. The second kappa shape index (κ2) is 13.8. The summed E-state index contributed by atoms with van der Waals surface area (Å²) in [6.45, 7) is 2.29. The molecule has 0 N–H and O–H groups in total. The third-order valence-electron chi connectivity index (χ3n) is 2.96. The van der Waals surface area contributed by atoms with Crippen molar-refractivity contribution in [3.05, 3.63) is 0 Å². The minimum atomic E-state index is 0.962. The van der Waals surface area contributed by atoms with Crippen molar-refractivity contribution in [2.75, 3.05) is 0 Å². The third kappa shape index (κ3) is 12.8. The fourth-order valence-electron chi connectivity index (χ4n) is 1.91. The van der Waals surface area contributed by atoms with Gasteiger partial charge in [-0.3, -0.25) is 0 Å². The Morgan fingerprint density at radius 1 is 0.571 bits per heavy atom. The van der Waals surface area contributed by atoms with E-state index in [1.165, 1.54) is 70.6 Å². The Morgan fingerprint density at radius 3 is 1.29 bits per heavy atom. The first-order valence-electron chi connectivity index (χ1n) is 6.91. The van der Waals surface area contributed by atoms with E-state index >= 15 is 0 Å². The zero-order valence-electron chi connectivity index (χ0n) is 10.5. The Kier molecular flexibility index (Phi) is 14.6. The van der Waals surface area contributed by atoms with Gasteiger partial charge in [0.25, 0.3) is 0 Å². The Bertz CT molecular complexity index is 79.2. The van der Waals surface area contributed by atoms with Crippen LogP contribution in [0.2, 0.25) is 4.44 Å². The molecule has 0 heterocycles. The van der Waals surface area contributed by atoms with Gasteiger partial charge in [0.2, 0.25) is 0 Å². The van der Waals surface area contributed by atoms with Crippen molar-refractivity contribution in [3.8, 4) is 0 Å². The summed E-state index contributed by atoms with van der Waals surface area (Å²) < 4.78 is 1.58. The molecular formula is C13H30Sn. The Hall–Kier alpha value is 0.799. The van der Waals surface area contributed by atoms with Crippen molar-refractivity contribution in [1.82, 2.24) is 0 Å². The van der Waals surface area contributed by atoms with Crippen LogP contribution < -0.4 is 0 Å². The van der Waals surface area contributed by atoms with Crippen molar-refractivity contribution in [2.45, 2.75) is 82.0 Å². The average molecular weight is 305 g/mol. The van der Waals surface area contributed by atoms with Gasteiger partial charge in [-0.1, -0.05) is 6.92 Å². The Labute approximate surface area is 104 Å². The molecule has 0 saturated heterocycles. The molecular weight excluding hydrogens is 275 g/mol. The summed E-state index contributed by atoms with van der Waals surface area (Å²) in [6.07, 6.45) is 16.3. The van der Waals surface area contributed by atoms with Gasteiger partial charge >= 0.3 is 97.6 Å². The topological polar surface area (TPSA) is 0 Å². The van der Waals surface area contributed by atoms with E-state index in [-0.39, 0.29) is 0 Å². The molecule has 0 amide bonds. The first-order valence-corrected chi connectivity index (χ1v) is 11.0. The molecule has 0 saturated carbocycles. The maximum atomic E-state index is 2.29. The van der Waals surface area contributed by atoms with Gasteiger partial charge in [0.1, 0.15) is 0 Å². The van der Waals surface area contributed by atoms with Crippen LogP contribution in [0.1, 0.15) is 77.6 Å². The van der Waals surface area contributed by atoms with Gasteiger partial charge in [-0.05, 0) is 0 Å². The van der Waals surface area contributed by atoms with E-state index in [1.54, 1.807) is 4.44 Å². The molecule has 0 aliphatic carbocycles. The van der Waals surface area contributed by atoms with E-state index in [9.17, 15) is 0 Å². The summed E-state index contributed by atoms with van der Waals surface area (Å²) in [5.41, 5.74) is 0. The van der Waals surface area contributed by atoms with Crippen LogP contribution in [0.3, 0.4) is 0 Å². The van der Waals surface area contributed by atoms with Gasteiger partial charge < -0.3 is 0 Å². The molecule has 0 aromatic heterocycles. The van der Waals surface area contributed by atoms with Crippen LogP contribution in [-0.2, 0) is 0 Å². The van der Waals surface area contributed by atoms with Gasteiger partial charge in [0.05, 0.1) is 0 Å². The molecule has 0 fully saturated rings. The first-order chi connectivity index (χ1) is 6.91. The molecule has 0 rings (SSSR count). The molecule has 1 heteroatoms. The van der Waals surface area contributed by atoms with Gasteiger partial charge in [-0.25, -0.2) is 0 Å². The molecule has 0 aromatic rings. The van der Waals surface area contributed by atoms with Crippen LogP contribution in [0, 0.1) is 0 Å². The van der Waals surface area contributed by atoms with Crippen molar-refractivity contribution < 1.29 is 0 Å². The van der Waals surface area contributed by atoms with Crippen molar-refractivity contribution >= 4 is 22.5 Å². The standard InChI is InChI=1S/C13H27.Sn.3H/c1-3-5-7-9-11-13-12-10-8-6-4-2;;;;/h1,3-13H2,2H3;;;;. The summed E-state index contributed by atoms with van der Waals surface area (Å²) in [7, 11) is 0. The molecule has 0 spiro atoms. The van der Waals surface area contributed by atoms with Crippen molar-refractivity contribution in [2.24, 2.45) is 0 Å². The summed E-state index contributed by atoms with van der Waals surface area (Å²) in [5, 5.41) is 0. The first kappa shape index (κ1) is 14.8. The zero-order chi connectivity index (χ0) is 10.5. The summed E-state index contributed by atoms with van der Waals surface area (Å²) in [6, 6.07) is 0. The molecule has 0 aliphatic heterocycles. The van der Waals surface area contributed by atoms with E-state index in [0.717, 1.165) is 22.5 Å². The van der Waals surface area contributed by atoms with Gasteiger partial charge in [0, 0.05) is 0 Å². The monoisotopic (exact) mass is 306 g/mol. The molecule has 14 heavy (non-hydrogen) atoms. The van der Waals surface area contributed by atoms with Crippen LogP contribution in [0.4, 0.5) is 0 Å². The molecule has 0 unspecified atom stereocenters. The predicted octanol–water partition coefficient (Wildman–Crippen LogP) is 4.08. The molecule has 0 aliphatic rings. The van der Waals surface area contributed by atoms with E-state index in [1.807, 2.05) is 0 Å².